The van der Waals surface area contributed by atoms with E-state index in [1.54, 1.807) is 22.9 Å². The van der Waals surface area contributed by atoms with Crippen molar-refractivity contribution in [2.45, 2.75) is 0 Å². The van der Waals surface area contributed by atoms with Gasteiger partial charge in [-0.25, -0.2) is 14.5 Å². The van der Waals surface area contributed by atoms with E-state index in [2.05, 4.69) is 20.4 Å². The van der Waals surface area contributed by atoms with Gasteiger partial charge in [0.15, 0.2) is 5.65 Å². The van der Waals surface area contributed by atoms with Gasteiger partial charge in [0.25, 0.3) is 0 Å². The second-order valence-corrected chi connectivity index (χ2v) is 4.69. The fraction of sp³-hybridized carbons (Fsp3) is 0.250. The lowest BCUT2D eigenvalue weighted by atomic mass is 10.3. The van der Waals surface area contributed by atoms with E-state index in [4.69, 9.17) is 22.1 Å². The summed E-state index contributed by atoms with van der Waals surface area (Å²) in [7, 11) is 0. The molecular weight excluding hydrogens is 280 g/mol. The van der Waals surface area contributed by atoms with Gasteiger partial charge in [0, 0.05) is 24.5 Å². The van der Waals surface area contributed by atoms with Crippen LogP contribution in [0.15, 0.2) is 35.4 Å². The molecular formula is C12H13ClN6O. The molecule has 104 valence electrons. The first kappa shape index (κ1) is 12.9. The van der Waals surface area contributed by atoms with Gasteiger partial charge in [-0.15, -0.1) is 0 Å². The molecule has 0 unspecified atom stereocenters. The van der Waals surface area contributed by atoms with Crippen molar-refractivity contribution in [3.63, 3.8) is 0 Å². The number of ether oxygens (including phenoxy) is 1. The average Bonchev–Trinajstić information content (AvgIpc) is 2.88. The van der Waals surface area contributed by atoms with Gasteiger partial charge in [-0.2, -0.15) is 5.10 Å². The Morgan fingerprint density at radius 3 is 3.30 bits per heavy atom. The second kappa shape index (κ2) is 5.48. The maximum absolute atomic E-state index is 6.01. The molecule has 7 nitrogen and oxygen atoms in total. The van der Waals surface area contributed by atoms with Crippen LogP contribution in [0, 0.1) is 0 Å². The Balaban J connectivity index is 1.94. The molecule has 1 fully saturated rings. The molecule has 1 saturated heterocycles. The Labute approximate surface area is 120 Å². The van der Waals surface area contributed by atoms with Gasteiger partial charge >= 0.3 is 0 Å². The highest BCUT2D eigenvalue weighted by molar-refractivity contribution is 6.30. The van der Waals surface area contributed by atoms with E-state index in [0.717, 1.165) is 12.2 Å². The Kier molecular flexibility index (Phi) is 3.53. The summed E-state index contributed by atoms with van der Waals surface area (Å²) in [5, 5.41) is 7.74. The number of fused-ring (bicyclic) bond motifs is 1. The Morgan fingerprint density at radius 2 is 2.50 bits per heavy atom. The maximum Gasteiger partial charge on any atom is 0.181 e. The van der Waals surface area contributed by atoms with Crippen LogP contribution in [-0.2, 0) is 4.74 Å². The first-order valence-electron chi connectivity index (χ1n) is 6.07. The topological polar surface area (TPSA) is 89.8 Å². The van der Waals surface area contributed by atoms with Gasteiger partial charge in [0.2, 0.25) is 0 Å². The Morgan fingerprint density at radius 1 is 1.60 bits per heavy atom. The molecule has 8 heteroatoms. The number of aliphatic imine (C=N–C) groups is 1. The molecule has 1 aliphatic heterocycles. The quantitative estimate of drug-likeness (QED) is 0.633. The number of aromatic nitrogens is 3. The number of halogens is 1. The maximum atomic E-state index is 6.01. The van der Waals surface area contributed by atoms with Crippen LogP contribution in [0.4, 0.5) is 5.69 Å². The molecule has 0 amide bonds. The van der Waals surface area contributed by atoms with Crippen LogP contribution in [0.2, 0.25) is 5.02 Å². The van der Waals surface area contributed by atoms with Crippen LogP contribution in [0.5, 0.6) is 0 Å². The highest BCUT2D eigenvalue weighted by Gasteiger charge is 2.07. The largest absolute Gasteiger partial charge is 0.384 e. The lowest BCUT2D eigenvalue weighted by molar-refractivity contribution is 0.132. The van der Waals surface area contributed by atoms with Crippen molar-refractivity contribution in [1.29, 1.82) is 0 Å². The molecule has 0 radical (unpaired) electrons. The monoisotopic (exact) mass is 292 g/mol. The zero-order valence-electron chi connectivity index (χ0n) is 10.6. The highest BCUT2D eigenvalue weighted by atomic mass is 35.5. The third kappa shape index (κ3) is 2.73. The van der Waals surface area contributed by atoms with Crippen molar-refractivity contribution in [2.24, 2.45) is 10.7 Å². The van der Waals surface area contributed by atoms with Crippen LogP contribution in [-0.4, -0.2) is 40.2 Å². The van der Waals surface area contributed by atoms with Crippen molar-refractivity contribution >= 4 is 28.8 Å². The molecule has 3 N–H and O–H groups in total. The van der Waals surface area contributed by atoms with Crippen LogP contribution in [0.1, 0.15) is 0 Å². The smallest absolute Gasteiger partial charge is 0.181 e. The van der Waals surface area contributed by atoms with Crippen molar-refractivity contribution in [2.75, 3.05) is 19.8 Å². The van der Waals surface area contributed by atoms with Crippen molar-refractivity contribution in [1.82, 2.24) is 19.9 Å². The minimum atomic E-state index is 0.352. The van der Waals surface area contributed by atoms with E-state index in [1.165, 1.54) is 6.33 Å². The van der Waals surface area contributed by atoms with Gasteiger partial charge in [-0.3, -0.25) is 0 Å². The molecule has 20 heavy (non-hydrogen) atoms. The molecule has 3 rings (SSSR count). The minimum Gasteiger partial charge on any atom is -0.384 e. The summed E-state index contributed by atoms with van der Waals surface area (Å²) >= 11 is 6.01. The predicted molar refractivity (Wildman–Crippen MR) is 76.2 cm³/mol. The summed E-state index contributed by atoms with van der Waals surface area (Å²) in [4.78, 5) is 8.46. The third-order valence-electron chi connectivity index (χ3n) is 2.75. The first-order chi connectivity index (χ1) is 9.72. The fourth-order valence-corrected chi connectivity index (χ4v) is 2.11. The zero-order valence-corrected chi connectivity index (χ0v) is 11.3. The van der Waals surface area contributed by atoms with Crippen LogP contribution < -0.4 is 11.1 Å². The number of nitrogens with one attached hydrogen (secondary N) is 1. The summed E-state index contributed by atoms with van der Waals surface area (Å²) in [6.07, 6.45) is 4.84. The van der Waals surface area contributed by atoms with Crippen LogP contribution >= 0.6 is 11.6 Å². The van der Waals surface area contributed by atoms with E-state index in [-0.39, 0.29) is 0 Å². The molecule has 0 atom stereocenters. The lowest BCUT2D eigenvalue weighted by Crippen LogP contribution is -2.29. The number of hydrogen-bond acceptors (Lipinski definition) is 5. The molecule has 1 aliphatic rings. The SMILES string of the molecule is NC(/C=C1/COCCN1)=Nc1cc(Cl)cn2ncnc12. The molecule has 0 aliphatic carbocycles. The van der Waals surface area contributed by atoms with Crippen molar-refractivity contribution in [3.05, 3.63) is 35.4 Å². The number of amidine groups is 1. The Bertz CT molecular complexity index is 684. The lowest BCUT2D eigenvalue weighted by Gasteiger charge is -2.17. The van der Waals surface area contributed by atoms with Gasteiger partial charge in [0.05, 0.1) is 18.2 Å². The molecule has 0 saturated carbocycles. The van der Waals surface area contributed by atoms with Crippen molar-refractivity contribution < 1.29 is 4.74 Å². The van der Waals surface area contributed by atoms with Crippen LogP contribution in [0.3, 0.4) is 0 Å². The van der Waals surface area contributed by atoms with Gasteiger partial charge in [-0.05, 0) is 6.07 Å². The standard InChI is InChI=1S/C12H13ClN6O/c13-8-3-10(12-16-7-17-19(12)5-8)18-11(14)4-9-6-20-2-1-15-9/h3-5,7,15H,1-2,6H2,(H2,14,18)/b9-4-. The number of nitrogens with two attached hydrogens (primary N) is 1. The molecule has 0 spiro atoms. The second-order valence-electron chi connectivity index (χ2n) is 4.26. The summed E-state index contributed by atoms with van der Waals surface area (Å²) in [5.41, 5.74) is 7.99. The van der Waals surface area contributed by atoms with E-state index < -0.39 is 0 Å². The summed E-state index contributed by atoms with van der Waals surface area (Å²) in [6.45, 7) is 1.97. The van der Waals surface area contributed by atoms with E-state index >= 15 is 0 Å². The zero-order chi connectivity index (χ0) is 13.9. The molecule has 3 heterocycles. The number of rotatable bonds is 2. The fourth-order valence-electron chi connectivity index (χ4n) is 1.92. The number of pyridine rings is 1. The number of morpholine rings is 1. The average molecular weight is 293 g/mol. The molecule has 0 aromatic carbocycles. The predicted octanol–water partition coefficient (Wildman–Crippen LogP) is 0.875. The normalized spacial score (nSPS) is 18.4. The molecule has 2 aromatic heterocycles. The van der Waals surface area contributed by atoms with Crippen molar-refractivity contribution in [3.8, 4) is 0 Å². The van der Waals surface area contributed by atoms with Gasteiger partial charge in [-0.1, -0.05) is 11.6 Å². The van der Waals surface area contributed by atoms with E-state index in [9.17, 15) is 0 Å². The highest BCUT2D eigenvalue weighted by Crippen LogP contribution is 2.22. The number of nitrogens with zero attached hydrogens (tertiary/aromatic N) is 4. The van der Waals surface area contributed by atoms with E-state index in [1.807, 2.05) is 0 Å². The van der Waals surface area contributed by atoms with Gasteiger partial charge in [0.1, 0.15) is 17.9 Å². The first-order valence-corrected chi connectivity index (χ1v) is 6.45. The number of hydrogen-bond donors (Lipinski definition) is 2. The van der Waals surface area contributed by atoms with Crippen LogP contribution in [0.25, 0.3) is 5.65 Å². The minimum absolute atomic E-state index is 0.352. The molecule has 0 bridgehead atoms. The summed E-state index contributed by atoms with van der Waals surface area (Å²) < 4.78 is 6.88. The van der Waals surface area contributed by atoms with Gasteiger partial charge < -0.3 is 15.8 Å². The van der Waals surface area contributed by atoms with E-state index in [0.29, 0.717) is 35.4 Å². The molecule has 2 aromatic rings. The summed E-state index contributed by atoms with van der Waals surface area (Å²) in [5.74, 6) is 0.352. The Hall–Kier alpha value is -2.12. The summed E-state index contributed by atoms with van der Waals surface area (Å²) in [6, 6.07) is 1.70. The third-order valence-corrected chi connectivity index (χ3v) is 2.96.